The van der Waals surface area contributed by atoms with E-state index in [-0.39, 0.29) is 12.1 Å². The summed E-state index contributed by atoms with van der Waals surface area (Å²) in [4.78, 5) is 11.7. The molecule has 0 aliphatic carbocycles. The predicted octanol–water partition coefficient (Wildman–Crippen LogP) is 4.70. The molecule has 2 aromatic rings. The Bertz CT molecular complexity index is 584. The Morgan fingerprint density at radius 1 is 1.09 bits per heavy atom. The van der Waals surface area contributed by atoms with E-state index in [0.717, 1.165) is 22.9 Å². The van der Waals surface area contributed by atoms with Gasteiger partial charge in [-0.3, -0.25) is 0 Å². The van der Waals surface area contributed by atoms with E-state index in [2.05, 4.69) is 33.4 Å². The maximum absolute atomic E-state index is 11.7. The number of aryl methyl sites for hydroxylation is 1. The van der Waals surface area contributed by atoms with Crippen LogP contribution in [0.3, 0.4) is 0 Å². The Labute approximate surface area is 139 Å². The standard InChI is InChI=1S/C18H20BrNO2/c1-14(7-8-15-9-11-17(19)12-10-15)20-18(21)22-13-16-5-3-2-4-6-16/h2-6,9-12,14H,7-8,13H2,1H3,(H,20,21). The maximum Gasteiger partial charge on any atom is 0.407 e. The lowest BCUT2D eigenvalue weighted by atomic mass is 10.1. The van der Waals surface area contributed by atoms with Gasteiger partial charge in [0.15, 0.2) is 0 Å². The smallest absolute Gasteiger partial charge is 0.407 e. The van der Waals surface area contributed by atoms with E-state index in [1.54, 1.807) is 0 Å². The molecule has 1 unspecified atom stereocenters. The molecule has 3 nitrogen and oxygen atoms in total. The third kappa shape index (κ3) is 5.90. The second kappa shape index (κ2) is 8.59. The molecular weight excluding hydrogens is 342 g/mol. The largest absolute Gasteiger partial charge is 0.445 e. The van der Waals surface area contributed by atoms with E-state index >= 15 is 0 Å². The zero-order chi connectivity index (χ0) is 15.8. The molecule has 1 amide bonds. The molecule has 0 aromatic heterocycles. The molecule has 0 saturated heterocycles. The van der Waals surface area contributed by atoms with Crippen molar-refractivity contribution in [2.45, 2.75) is 32.4 Å². The molecule has 116 valence electrons. The van der Waals surface area contributed by atoms with Gasteiger partial charge in [-0.15, -0.1) is 0 Å². The Hall–Kier alpha value is -1.81. The molecule has 4 heteroatoms. The van der Waals surface area contributed by atoms with Crippen LogP contribution in [0.1, 0.15) is 24.5 Å². The monoisotopic (exact) mass is 361 g/mol. The molecule has 0 aliphatic rings. The average molecular weight is 362 g/mol. The minimum Gasteiger partial charge on any atom is -0.445 e. The number of rotatable bonds is 6. The molecular formula is C18H20BrNO2. The SMILES string of the molecule is CC(CCc1ccc(Br)cc1)NC(=O)OCc1ccccc1. The number of benzene rings is 2. The van der Waals surface area contributed by atoms with Crippen molar-refractivity contribution in [3.8, 4) is 0 Å². The van der Waals surface area contributed by atoms with Crippen LogP contribution in [0.25, 0.3) is 0 Å². The Morgan fingerprint density at radius 2 is 1.77 bits per heavy atom. The highest BCUT2D eigenvalue weighted by atomic mass is 79.9. The minimum atomic E-state index is -0.368. The summed E-state index contributed by atoms with van der Waals surface area (Å²) in [5.74, 6) is 0. The number of hydrogen-bond acceptors (Lipinski definition) is 2. The summed E-state index contributed by atoms with van der Waals surface area (Å²) in [6.07, 6.45) is 1.43. The van der Waals surface area contributed by atoms with Crippen molar-refractivity contribution < 1.29 is 9.53 Å². The first-order valence-corrected chi connectivity index (χ1v) is 8.14. The number of carbonyl (C=O) groups is 1. The third-order valence-electron chi connectivity index (χ3n) is 3.36. The molecule has 2 rings (SSSR count). The van der Waals surface area contributed by atoms with Crippen molar-refractivity contribution in [2.75, 3.05) is 0 Å². The van der Waals surface area contributed by atoms with Gasteiger partial charge in [-0.2, -0.15) is 0 Å². The van der Waals surface area contributed by atoms with Crippen molar-refractivity contribution in [2.24, 2.45) is 0 Å². The summed E-state index contributed by atoms with van der Waals surface area (Å²) in [5, 5.41) is 2.86. The number of alkyl carbamates (subject to hydrolysis) is 1. The lowest BCUT2D eigenvalue weighted by molar-refractivity contribution is 0.136. The Balaban J connectivity index is 1.68. The van der Waals surface area contributed by atoms with Crippen LogP contribution in [-0.2, 0) is 17.8 Å². The van der Waals surface area contributed by atoms with Crippen LogP contribution in [0, 0.1) is 0 Å². The second-order valence-corrected chi connectivity index (χ2v) is 6.19. The molecule has 0 bridgehead atoms. The van der Waals surface area contributed by atoms with Gasteiger partial charge >= 0.3 is 6.09 Å². The number of nitrogens with one attached hydrogen (secondary N) is 1. The topological polar surface area (TPSA) is 38.3 Å². The highest BCUT2D eigenvalue weighted by molar-refractivity contribution is 9.10. The summed E-state index contributed by atoms with van der Waals surface area (Å²) in [7, 11) is 0. The molecule has 2 aromatic carbocycles. The molecule has 0 aliphatic heterocycles. The summed E-state index contributed by atoms with van der Waals surface area (Å²) in [6, 6.07) is 18.0. The molecule has 22 heavy (non-hydrogen) atoms. The van der Waals surface area contributed by atoms with Crippen molar-refractivity contribution in [1.29, 1.82) is 0 Å². The molecule has 0 radical (unpaired) electrons. The lowest BCUT2D eigenvalue weighted by Crippen LogP contribution is -2.33. The van der Waals surface area contributed by atoms with Crippen molar-refractivity contribution in [1.82, 2.24) is 5.32 Å². The molecule has 1 N–H and O–H groups in total. The first-order chi connectivity index (χ1) is 10.6. The summed E-state index contributed by atoms with van der Waals surface area (Å²) < 4.78 is 6.29. The first-order valence-electron chi connectivity index (χ1n) is 7.35. The van der Waals surface area contributed by atoms with Crippen LogP contribution < -0.4 is 5.32 Å². The van der Waals surface area contributed by atoms with Crippen LogP contribution in [0.15, 0.2) is 59.1 Å². The van der Waals surface area contributed by atoms with E-state index in [1.165, 1.54) is 5.56 Å². The second-order valence-electron chi connectivity index (χ2n) is 5.27. The maximum atomic E-state index is 11.7. The van der Waals surface area contributed by atoms with Crippen molar-refractivity contribution >= 4 is 22.0 Å². The average Bonchev–Trinajstić information content (AvgIpc) is 2.53. The molecule has 0 spiro atoms. The normalized spacial score (nSPS) is 11.7. The van der Waals surface area contributed by atoms with Gasteiger partial charge in [0.25, 0.3) is 0 Å². The number of carbonyl (C=O) groups excluding carboxylic acids is 1. The highest BCUT2D eigenvalue weighted by Crippen LogP contribution is 2.12. The van der Waals surface area contributed by atoms with Gasteiger partial charge in [-0.25, -0.2) is 4.79 Å². The van der Waals surface area contributed by atoms with Gasteiger partial charge < -0.3 is 10.1 Å². The Morgan fingerprint density at radius 3 is 2.45 bits per heavy atom. The minimum absolute atomic E-state index is 0.0759. The van der Waals surface area contributed by atoms with E-state index in [4.69, 9.17) is 4.74 Å². The fourth-order valence-electron chi connectivity index (χ4n) is 2.07. The van der Waals surface area contributed by atoms with Gasteiger partial charge in [0.1, 0.15) is 6.61 Å². The Kier molecular flexibility index (Phi) is 6.46. The summed E-state index contributed by atoms with van der Waals surface area (Å²) in [6.45, 7) is 2.29. The van der Waals surface area contributed by atoms with Crippen LogP contribution in [-0.4, -0.2) is 12.1 Å². The van der Waals surface area contributed by atoms with Gasteiger partial charge in [0.05, 0.1) is 0 Å². The van der Waals surface area contributed by atoms with Crippen LogP contribution in [0.5, 0.6) is 0 Å². The lowest BCUT2D eigenvalue weighted by Gasteiger charge is -2.14. The fourth-order valence-corrected chi connectivity index (χ4v) is 2.34. The summed E-state index contributed by atoms with van der Waals surface area (Å²) in [5.41, 5.74) is 2.25. The zero-order valence-electron chi connectivity index (χ0n) is 12.6. The predicted molar refractivity (Wildman–Crippen MR) is 91.7 cm³/mol. The first kappa shape index (κ1) is 16.6. The van der Waals surface area contributed by atoms with E-state index in [1.807, 2.05) is 49.4 Å². The van der Waals surface area contributed by atoms with Crippen molar-refractivity contribution in [3.05, 3.63) is 70.2 Å². The zero-order valence-corrected chi connectivity index (χ0v) is 14.2. The van der Waals surface area contributed by atoms with Crippen LogP contribution in [0.4, 0.5) is 4.79 Å². The number of amides is 1. The van der Waals surface area contributed by atoms with Gasteiger partial charge in [0.2, 0.25) is 0 Å². The van der Waals surface area contributed by atoms with Gasteiger partial charge in [0, 0.05) is 10.5 Å². The van der Waals surface area contributed by atoms with Crippen LogP contribution >= 0.6 is 15.9 Å². The number of hydrogen-bond donors (Lipinski definition) is 1. The number of halogens is 1. The number of ether oxygens (including phenoxy) is 1. The molecule has 0 saturated carbocycles. The third-order valence-corrected chi connectivity index (χ3v) is 3.88. The van der Waals surface area contributed by atoms with E-state index < -0.39 is 0 Å². The van der Waals surface area contributed by atoms with E-state index in [9.17, 15) is 4.79 Å². The molecule has 0 fully saturated rings. The van der Waals surface area contributed by atoms with Gasteiger partial charge in [-0.05, 0) is 43.0 Å². The van der Waals surface area contributed by atoms with Gasteiger partial charge in [-0.1, -0.05) is 58.4 Å². The van der Waals surface area contributed by atoms with Crippen molar-refractivity contribution in [3.63, 3.8) is 0 Å². The summed E-state index contributed by atoms with van der Waals surface area (Å²) >= 11 is 3.42. The quantitative estimate of drug-likeness (QED) is 0.809. The molecule has 0 heterocycles. The van der Waals surface area contributed by atoms with E-state index in [0.29, 0.717) is 6.61 Å². The molecule has 1 atom stereocenters. The highest BCUT2D eigenvalue weighted by Gasteiger charge is 2.08. The fraction of sp³-hybridized carbons (Fsp3) is 0.278. The van der Waals surface area contributed by atoms with Crippen LogP contribution in [0.2, 0.25) is 0 Å².